The zero-order chi connectivity index (χ0) is 17.3. The van der Waals surface area contributed by atoms with Gasteiger partial charge in [0.25, 0.3) is 5.91 Å². The fourth-order valence-electron chi connectivity index (χ4n) is 2.76. The number of hydrogen-bond acceptors (Lipinski definition) is 3. The highest BCUT2D eigenvalue weighted by Gasteiger charge is 2.48. The first-order valence-electron chi connectivity index (χ1n) is 7.48. The SMILES string of the molecule is COc1ccc([C@@]2(C)NC(=O)N(Cc3ccccc3Br)C2=O)cc1. The van der Waals surface area contributed by atoms with E-state index in [-0.39, 0.29) is 12.5 Å². The number of carbonyl (C=O) groups is 2. The van der Waals surface area contributed by atoms with Crippen LogP contribution in [-0.2, 0) is 16.9 Å². The van der Waals surface area contributed by atoms with E-state index in [4.69, 9.17) is 4.74 Å². The number of halogens is 1. The van der Waals surface area contributed by atoms with Gasteiger partial charge in [0, 0.05) is 4.47 Å². The molecule has 2 aromatic carbocycles. The Labute approximate surface area is 148 Å². The lowest BCUT2D eigenvalue weighted by Gasteiger charge is -2.22. The molecule has 0 saturated carbocycles. The third-order valence-electron chi connectivity index (χ3n) is 4.23. The van der Waals surface area contributed by atoms with Gasteiger partial charge in [-0.25, -0.2) is 4.79 Å². The molecular weight excluding hydrogens is 372 g/mol. The predicted octanol–water partition coefficient (Wildman–Crippen LogP) is 3.42. The summed E-state index contributed by atoms with van der Waals surface area (Å²) >= 11 is 3.45. The molecule has 1 saturated heterocycles. The lowest BCUT2D eigenvalue weighted by molar-refractivity contribution is -0.131. The van der Waals surface area contributed by atoms with Crippen molar-refractivity contribution in [1.29, 1.82) is 0 Å². The Morgan fingerprint density at radius 2 is 1.79 bits per heavy atom. The van der Waals surface area contributed by atoms with Crippen molar-refractivity contribution >= 4 is 27.9 Å². The molecule has 5 nitrogen and oxygen atoms in total. The fraction of sp³-hybridized carbons (Fsp3) is 0.222. The van der Waals surface area contributed by atoms with Crippen LogP contribution in [0.15, 0.2) is 53.0 Å². The maximum absolute atomic E-state index is 12.9. The standard InChI is InChI=1S/C18H17BrN2O3/c1-18(13-7-9-14(24-2)10-8-13)16(22)21(17(23)20-18)11-12-5-3-4-6-15(12)19/h3-10H,11H2,1-2H3,(H,20,23)/t18-/m1/s1. The molecule has 0 radical (unpaired) electrons. The minimum Gasteiger partial charge on any atom is -0.497 e. The van der Waals surface area contributed by atoms with Gasteiger partial charge < -0.3 is 10.1 Å². The molecule has 0 unspecified atom stereocenters. The number of imide groups is 1. The van der Waals surface area contributed by atoms with Crippen LogP contribution in [0.1, 0.15) is 18.1 Å². The number of ether oxygens (including phenoxy) is 1. The number of hydrogen-bond donors (Lipinski definition) is 1. The summed E-state index contributed by atoms with van der Waals surface area (Å²) in [7, 11) is 1.58. The Kier molecular flexibility index (Phi) is 4.32. The second-order valence-electron chi connectivity index (χ2n) is 5.77. The lowest BCUT2D eigenvalue weighted by atomic mass is 9.92. The maximum atomic E-state index is 12.9. The van der Waals surface area contributed by atoms with E-state index in [2.05, 4.69) is 21.2 Å². The molecule has 1 atom stereocenters. The van der Waals surface area contributed by atoms with E-state index in [1.54, 1.807) is 38.3 Å². The lowest BCUT2D eigenvalue weighted by Crippen LogP contribution is -2.40. The van der Waals surface area contributed by atoms with Crippen LogP contribution < -0.4 is 10.1 Å². The molecule has 1 N–H and O–H groups in total. The van der Waals surface area contributed by atoms with Gasteiger partial charge in [-0.05, 0) is 36.2 Å². The Morgan fingerprint density at radius 3 is 2.42 bits per heavy atom. The molecule has 1 aliphatic rings. The third kappa shape index (κ3) is 2.78. The average molecular weight is 389 g/mol. The molecule has 0 bridgehead atoms. The van der Waals surface area contributed by atoms with Crippen LogP contribution >= 0.6 is 15.9 Å². The summed E-state index contributed by atoms with van der Waals surface area (Å²) in [6, 6.07) is 14.3. The van der Waals surface area contributed by atoms with Crippen LogP contribution in [-0.4, -0.2) is 23.9 Å². The highest BCUT2D eigenvalue weighted by Crippen LogP contribution is 2.31. The Balaban J connectivity index is 1.88. The van der Waals surface area contributed by atoms with Crippen molar-refractivity contribution in [2.75, 3.05) is 7.11 Å². The zero-order valence-electron chi connectivity index (χ0n) is 13.4. The number of nitrogens with zero attached hydrogens (tertiary/aromatic N) is 1. The molecule has 1 fully saturated rings. The van der Waals surface area contributed by atoms with Crippen molar-refractivity contribution in [3.63, 3.8) is 0 Å². The molecule has 124 valence electrons. The Bertz CT molecular complexity index is 791. The fourth-order valence-corrected chi connectivity index (χ4v) is 3.17. The molecule has 3 rings (SSSR count). The van der Waals surface area contributed by atoms with E-state index in [0.717, 1.165) is 15.6 Å². The zero-order valence-corrected chi connectivity index (χ0v) is 15.0. The average Bonchev–Trinajstić information content (AvgIpc) is 2.81. The summed E-state index contributed by atoms with van der Waals surface area (Å²) in [5.41, 5.74) is 0.515. The van der Waals surface area contributed by atoms with Gasteiger partial charge in [-0.3, -0.25) is 9.69 Å². The van der Waals surface area contributed by atoms with Crippen molar-refractivity contribution in [2.45, 2.75) is 19.0 Å². The molecule has 3 amide bonds. The molecule has 0 aliphatic carbocycles. The van der Waals surface area contributed by atoms with Crippen molar-refractivity contribution in [3.8, 4) is 5.75 Å². The van der Waals surface area contributed by atoms with Crippen LogP contribution in [0.4, 0.5) is 4.79 Å². The summed E-state index contributed by atoms with van der Waals surface area (Å²) in [6.45, 7) is 1.94. The van der Waals surface area contributed by atoms with Crippen LogP contribution in [0.5, 0.6) is 5.75 Å². The molecule has 0 spiro atoms. The first-order valence-corrected chi connectivity index (χ1v) is 8.27. The minimum absolute atomic E-state index is 0.220. The highest BCUT2D eigenvalue weighted by molar-refractivity contribution is 9.10. The van der Waals surface area contributed by atoms with Crippen LogP contribution in [0, 0.1) is 0 Å². The van der Waals surface area contributed by atoms with Gasteiger partial charge in [-0.15, -0.1) is 0 Å². The summed E-state index contributed by atoms with van der Waals surface area (Å²) in [6.07, 6.45) is 0. The van der Waals surface area contributed by atoms with Gasteiger partial charge in [0.2, 0.25) is 0 Å². The normalized spacial score (nSPS) is 20.2. The van der Waals surface area contributed by atoms with E-state index < -0.39 is 11.6 Å². The van der Waals surface area contributed by atoms with Crippen LogP contribution in [0.2, 0.25) is 0 Å². The highest BCUT2D eigenvalue weighted by atomic mass is 79.9. The van der Waals surface area contributed by atoms with Crippen LogP contribution in [0.3, 0.4) is 0 Å². The second kappa shape index (κ2) is 6.28. The van der Waals surface area contributed by atoms with Gasteiger partial charge in [-0.1, -0.05) is 46.3 Å². The van der Waals surface area contributed by atoms with Gasteiger partial charge in [0.1, 0.15) is 11.3 Å². The molecule has 6 heteroatoms. The summed E-state index contributed by atoms with van der Waals surface area (Å²) in [5.74, 6) is 0.428. The first kappa shape index (κ1) is 16.5. The van der Waals surface area contributed by atoms with Gasteiger partial charge in [0.15, 0.2) is 0 Å². The van der Waals surface area contributed by atoms with Crippen molar-refractivity contribution in [1.82, 2.24) is 10.2 Å². The molecule has 2 aromatic rings. The number of rotatable bonds is 4. The number of benzene rings is 2. The number of methoxy groups -OCH3 is 1. The summed E-state index contributed by atoms with van der Waals surface area (Å²) in [4.78, 5) is 26.5. The van der Waals surface area contributed by atoms with E-state index in [1.165, 1.54) is 4.90 Å². The third-order valence-corrected chi connectivity index (χ3v) is 5.00. The Morgan fingerprint density at radius 1 is 1.12 bits per heavy atom. The van der Waals surface area contributed by atoms with Crippen molar-refractivity contribution < 1.29 is 14.3 Å². The topological polar surface area (TPSA) is 58.6 Å². The van der Waals surface area contributed by atoms with E-state index in [1.807, 2.05) is 24.3 Å². The largest absolute Gasteiger partial charge is 0.497 e. The second-order valence-corrected chi connectivity index (χ2v) is 6.62. The van der Waals surface area contributed by atoms with Crippen molar-refractivity contribution in [2.24, 2.45) is 0 Å². The maximum Gasteiger partial charge on any atom is 0.325 e. The number of carbonyl (C=O) groups excluding carboxylic acids is 2. The number of amides is 3. The number of urea groups is 1. The molecule has 1 heterocycles. The van der Waals surface area contributed by atoms with E-state index >= 15 is 0 Å². The monoisotopic (exact) mass is 388 g/mol. The molecule has 0 aromatic heterocycles. The minimum atomic E-state index is -1.08. The van der Waals surface area contributed by atoms with E-state index in [9.17, 15) is 9.59 Å². The molecular formula is C18H17BrN2O3. The Hall–Kier alpha value is -2.34. The first-order chi connectivity index (χ1) is 11.5. The quantitative estimate of drug-likeness (QED) is 0.816. The van der Waals surface area contributed by atoms with Crippen LogP contribution in [0.25, 0.3) is 0 Å². The number of nitrogens with one attached hydrogen (secondary N) is 1. The predicted molar refractivity (Wildman–Crippen MR) is 93.6 cm³/mol. The summed E-state index contributed by atoms with van der Waals surface area (Å²) in [5, 5.41) is 2.80. The smallest absolute Gasteiger partial charge is 0.325 e. The van der Waals surface area contributed by atoms with Gasteiger partial charge in [0.05, 0.1) is 13.7 Å². The summed E-state index contributed by atoms with van der Waals surface area (Å²) < 4.78 is 6.00. The van der Waals surface area contributed by atoms with Gasteiger partial charge >= 0.3 is 6.03 Å². The molecule has 24 heavy (non-hydrogen) atoms. The van der Waals surface area contributed by atoms with E-state index in [0.29, 0.717) is 5.75 Å². The van der Waals surface area contributed by atoms with Gasteiger partial charge in [-0.2, -0.15) is 0 Å². The van der Waals surface area contributed by atoms with Crippen molar-refractivity contribution in [3.05, 3.63) is 64.1 Å². The molecule has 1 aliphatic heterocycles.